The highest BCUT2D eigenvalue weighted by molar-refractivity contribution is 4.73. The average Bonchev–Trinajstić information content (AvgIpc) is 1.99. The fourth-order valence-electron chi connectivity index (χ4n) is 1.19. The lowest BCUT2D eigenvalue weighted by atomic mass is 10.0. The number of hydrogen-bond acceptors (Lipinski definition) is 1. The molecule has 0 fully saturated rings. The van der Waals surface area contributed by atoms with Crippen molar-refractivity contribution < 1.29 is 13.2 Å². The standard InChI is InChI=1S/C10H20F3N/c1-7(2)5-6-8(3)14-9(4)10(11,12)13/h7-9,14H,5-6H2,1-4H3/t8-,9-/m1/s1. The van der Waals surface area contributed by atoms with Crippen LogP contribution >= 0.6 is 0 Å². The highest BCUT2D eigenvalue weighted by Gasteiger charge is 2.36. The molecule has 0 amide bonds. The Labute approximate surface area is 84.1 Å². The molecule has 0 saturated heterocycles. The molecule has 0 radical (unpaired) electrons. The largest absolute Gasteiger partial charge is 0.403 e. The van der Waals surface area contributed by atoms with Crippen molar-refractivity contribution in [1.82, 2.24) is 5.32 Å². The Morgan fingerprint density at radius 1 is 1.00 bits per heavy atom. The lowest BCUT2D eigenvalue weighted by molar-refractivity contribution is -0.153. The minimum absolute atomic E-state index is 0.0750. The van der Waals surface area contributed by atoms with Crippen LogP contribution in [-0.2, 0) is 0 Å². The van der Waals surface area contributed by atoms with Gasteiger partial charge in [0.2, 0.25) is 0 Å². The average molecular weight is 211 g/mol. The van der Waals surface area contributed by atoms with Crippen molar-refractivity contribution in [2.45, 2.75) is 58.8 Å². The lowest BCUT2D eigenvalue weighted by Gasteiger charge is -2.22. The molecule has 0 saturated carbocycles. The minimum atomic E-state index is -4.13. The van der Waals surface area contributed by atoms with Crippen LogP contribution in [0, 0.1) is 5.92 Å². The summed E-state index contributed by atoms with van der Waals surface area (Å²) in [6, 6.07) is -1.49. The molecular weight excluding hydrogens is 191 g/mol. The molecule has 86 valence electrons. The first-order valence-corrected chi connectivity index (χ1v) is 5.06. The van der Waals surface area contributed by atoms with E-state index in [0.29, 0.717) is 5.92 Å². The van der Waals surface area contributed by atoms with Crippen LogP contribution in [0.1, 0.15) is 40.5 Å². The minimum Gasteiger partial charge on any atom is -0.304 e. The van der Waals surface area contributed by atoms with Crippen molar-refractivity contribution in [1.29, 1.82) is 0 Å². The Hall–Kier alpha value is -0.250. The second-order valence-electron chi connectivity index (χ2n) is 4.30. The molecule has 0 unspecified atom stereocenters. The van der Waals surface area contributed by atoms with Crippen molar-refractivity contribution >= 4 is 0 Å². The summed E-state index contributed by atoms with van der Waals surface area (Å²) in [5.74, 6) is 0.542. The second kappa shape index (κ2) is 5.59. The summed E-state index contributed by atoms with van der Waals surface area (Å²) < 4.78 is 36.4. The zero-order valence-corrected chi connectivity index (χ0v) is 9.28. The molecule has 0 aliphatic carbocycles. The van der Waals surface area contributed by atoms with Gasteiger partial charge in [0.15, 0.2) is 0 Å². The van der Waals surface area contributed by atoms with Gasteiger partial charge in [0.1, 0.15) is 6.04 Å². The number of nitrogens with one attached hydrogen (secondary N) is 1. The third-order valence-corrected chi connectivity index (χ3v) is 2.20. The van der Waals surface area contributed by atoms with Gasteiger partial charge in [0.25, 0.3) is 0 Å². The van der Waals surface area contributed by atoms with Gasteiger partial charge in [-0.3, -0.25) is 0 Å². The molecule has 0 aromatic carbocycles. The van der Waals surface area contributed by atoms with E-state index in [4.69, 9.17) is 0 Å². The molecule has 0 aliphatic heterocycles. The molecule has 0 aromatic heterocycles. The maximum atomic E-state index is 12.1. The molecule has 0 heterocycles. The van der Waals surface area contributed by atoms with Crippen LogP contribution in [0.5, 0.6) is 0 Å². The van der Waals surface area contributed by atoms with Gasteiger partial charge < -0.3 is 5.32 Å². The van der Waals surface area contributed by atoms with Gasteiger partial charge in [-0.1, -0.05) is 13.8 Å². The third kappa shape index (κ3) is 6.24. The topological polar surface area (TPSA) is 12.0 Å². The summed E-state index contributed by atoms with van der Waals surface area (Å²) >= 11 is 0. The van der Waals surface area contributed by atoms with Crippen LogP contribution in [0.2, 0.25) is 0 Å². The first-order chi connectivity index (χ1) is 6.23. The number of rotatable bonds is 5. The number of halogens is 3. The fourth-order valence-corrected chi connectivity index (χ4v) is 1.19. The maximum absolute atomic E-state index is 12.1. The molecule has 14 heavy (non-hydrogen) atoms. The maximum Gasteiger partial charge on any atom is 0.403 e. The zero-order valence-electron chi connectivity index (χ0n) is 9.28. The van der Waals surface area contributed by atoms with Gasteiger partial charge in [-0.15, -0.1) is 0 Å². The van der Waals surface area contributed by atoms with Crippen LogP contribution < -0.4 is 5.32 Å². The van der Waals surface area contributed by atoms with Gasteiger partial charge in [-0.2, -0.15) is 13.2 Å². The van der Waals surface area contributed by atoms with Gasteiger partial charge in [0, 0.05) is 6.04 Å². The van der Waals surface area contributed by atoms with Crippen molar-refractivity contribution in [3.63, 3.8) is 0 Å². The first-order valence-electron chi connectivity index (χ1n) is 5.06. The smallest absolute Gasteiger partial charge is 0.304 e. The van der Waals surface area contributed by atoms with E-state index in [1.807, 2.05) is 0 Å². The van der Waals surface area contributed by atoms with Gasteiger partial charge in [-0.25, -0.2) is 0 Å². The Morgan fingerprint density at radius 2 is 1.50 bits per heavy atom. The van der Waals surface area contributed by atoms with E-state index in [1.54, 1.807) is 6.92 Å². The zero-order chi connectivity index (χ0) is 11.4. The molecule has 2 atom stereocenters. The van der Waals surface area contributed by atoms with Gasteiger partial charge >= 0.3 is 6.18 Å². The van der Waals surface area contributed by atoms with E-state index in [2.05, 4.69) is 19.2 Å². The van der Waals surface area contributed by atoms with Gasteiger partial charge in [0.05, 0.1) is 0 Å². The van der Waals surface area contributed by atoms with Crippen LogP contribution in [0.15, 0.2) is 0 Å². The van der Waals surface area contributed by atoms with Crippen LogP contribution in [0.3, 0.4) is 0 Å². The summed E-state index contributed by atoms with van der Waals surface area (Å²) in [7, 11) is 0. The van der Waals surface area contributed by atoms with Crippen LogP contribution in [0.25, 0.3) is 0 Å². The van der Waals surface area contributed by atoms with E-state index in [1.165, 1.54) is 0 Å². The van der Waals surface area contributed by atoms with E-state index < -0.39 is 12.2 Å². The summed E-state index contributed by atoms with van der Waals surface area (Å²) in [6.45, 7) is 7.09. The predicted molar refractivity (Wildman–Crippen MR) is 52.2 cm³/mol. The molecule has 0 spiro atoms. The lowest BCUT2D eigenvalue weighted by Crippen LogP contribution is -2.44. The fraction of sp³-hybridized carbons (Fsp3) is 1.00. The van der Waals surface area contributed by atoms with Crippen LogP contribution in [0.4, 0.5) is 13.2 Å². The van der Waals surface area contributed by atoms with E-state index in [0.717, 1.165) is 19.8 Å². The van der Waals surface area contributed by atoms with Gasteiger partial charge in [-0.05, 0) is 32.6 Å². The summed E-state index contributed by atoms with van der Waals surface area (Å²) in [5, 5.41) is 2.55. The van der Waals surface area contributed by atoms with Crippen LogP contribution in [-0.4, -0.2) is 18.3 Å². The monoisotopic (exact) mass is 211 g/mol. The molecule has 0 bridgehead atoms. The quantitative estimate of drug-likeness (QED) is 0.735. The van der Waals surface area contributed by atoms with Crippen molar-refractivity contribution in [2.75, 3.05) is 0 Å². The Morgan fingerprint density at radius 3 is 1.86 bits per heavy atom. The predicted octanol–water partition coefficient (Wildman–Crippen LogP) is 3.35. The first kappa shape index (κ1) is 13.8. The molecule has 1 N–H and O–H groups in total. The van der Waals surface area contributed by atoms with E-state index >= 15 is 0 Å². The summed E-state index contributed by atoms with van der Waals surface area (Å²) in [6.07, 6.45) is -2.39. The Kier molecular flexibility index (Phi) is 5.49. The molecule has 4 heteroatoms. The highest BCUT2D eigenvalue weighted by Crippen LogP contribution is 2.20. The summed E-state index contributed by atoms with van der Waals surface area (Å²) in [5.41, 5.74) is 0. The van der Waals surface area contributed by atoms with E-state index in [-0.39, 0.29) is 6.04 Å². The summed E-state index contributed by atoms with van der Waals surface area (Å²) in [4.78, 5) is 0. The molecular formula is C10H20F3N. The molecule has 0 aliphatic rings. The Bertz CT molecular complexity index is 154. The molecule has 1 nitrogen and oxygen atoms in total. The SMILES string of the molecule is CC(C)CC[C@@H](C)N[C@H](C)C(F)(F)F. The van der Waals surface area contributed by atoms with Crippen molar-refractivity contribution in [3.05, 3.63) is 0 Å². The van der Waals surface area contributed by atoms with Crippen molar-refractivity contribution in [3.8, 4) is 0 Å². The van der Waals surface area contributed by atoms with Crippen molar-refractivity contribution in [2.24, 2.45) is 5.92 Å². The number of hydrogen-bond donors (Lipinski definition) is 1. The molecule has 0 rings (SSSR count). The third-order valence-electron chi connectivity index (χ3n) is 2.20. The normalized spacial score (nSPS) is 17.1. The number of alkyl halides is 3. The van der Waals surface area contributed by atoms with E-state index in [9.17, 15) is 13.2 Å². The molecule has 0 aromatic rings. The highest BCUT2D eigenvalue weighted by atomic mass is 19.4. The second-order valence-corrected chi connectivity index (χ2v) is 4.30. The Balaban J connectivity index is 3.77.